The molecule has 2 N–H and O–H groups in total. The zero-order valence-corrected chi connectivity index (χ0v) is 13.0. The number of benzene rings is 1. The minimum absolute atomic E-state index is 0.0116. The monoisotopic (exact) mass is 317 g/mol. The number of nitrogens with one attached hydrogen (secondary N) is 2. The first-order chi connectivity index (χ1) is 9.32. The number of carbonyl (C=O) groups excluding carboxylic acids is 2. The Morgan fingerprint density at radius 2 is 1.80 bits per heavy atom. The molecule has 0 radical (unpaired) electrons. The van der Waals surface area contributed by atoms with Crippen molar-refractivity contribution in [3.63, 3.8) is 0 Å². The first-order valence-electron chi connectivity index (χ1n) is 6.01. The molecular weight excluding hydrogens is 301 g/mol. The van der Waals surface area contributed by atoms with E-state index >= 15 is 0 Å². The summed E-state index contributed by atoms with van der Waals surface area (Å²) < 4.78 is 0. The molecule has 0 saturated carbocycles. The van der Waals surface area contributed by atoms with Gasteiger partial charge in [0.15, 0.2) is 0 Å². The van der Waals surface area contributed by atoms with E-state index < -0.39 is 6.04 Å². The quantitative estimate of drug-likeness (QED) is 0.873. The largest absolute Gasteiger partial charge is 0.347 e. The fourth-order valence-corrected chi connectivity index (χ4v) is 2.01. The van der Waals surface area contributed by atoms with Gasteiger partial charge in [-0.3, -0.25) is 14.9 Å². The van der Waals surface area contributed by atoms with E-state index in [9.17, 15) is 9.59 Å². The number of amides is 2. The summed E-state index contributed by atoms with van der Waals surface area (Å²) in [5, 5.41) is 6.17. The van der Waals surface area contributed by atoms with Crippen LogP contribution in [-0.4, -0.2) is 43.4 Å². The highest BCUT2D eigenvalue weighted by molar-refractivity contribution is 6.39. The molecule has 1 aromatic rings. The summed E-state index contributed by atoms with van der Waals surface area (Å²) >= 11 is 11.9. The van der Waals surface area contributed by atoms with E-state index in [0.717, 1.165) is 0 Å². The molecule has 0 bridgehead atoms. The third-order valence-electron chi connectivity index (χ3n) is 2.61. The zero-order valence-electron chi connectivity index (χ0n) is 11.5. The highest BCUT2D eigenvalue weighted by Crippen LogP contribution is 2.29. The molecule has 0 heterocycles. The summed E-state index contributed by atoms with van der Waals surface area (Å²) in [6.07, 6.45) is 0. The van der Waals surface area contributed by atoms with E-state index in [1.54, 1.807) is 39.2 Å². The Balaban J connectivity index is 2.55. The lowest BCUT2D eigenvalue weighted by Crippen LogP contribution is -2.44. The normalized spacial score (nSPS) is 11.8. The van der Waals surface area contributed by atoms with Crippen molar-refractivity contribution in [3.8, 4) is 0 Å². The van der Waals surface area contributed by atoms with Gasteiger partial charge in [0, 0.05) is 14.1 Å². The topological polar surface area (TPSA) is 61.4 Å². The number of rotatable bonds is 5. The standard InChI is InChI=1S/C13H17Cl2N3O2/c1-8(13(20)18(2)3)16-7-11(19)17-12-9(14)5-4-6-10(12)15/h4-6,8,16H,7H2,1-3H3,(H,17,19). The van der Waals surface area contributed by atoms with E-state index in [1.165, 1.54) is 4.90 Å². The minimum Gasteiger partial charge on any atom is -0.347 e. The van der Waals surface area contributed by atoms with Crippen LogP contribution >= 0.6 is 23.2 Å². The second-order valence-electron chi connectivity index (χ2n) is 4.48. The van der Waals surface area contributed by atoms with Crippen LogP contribution in [0.25, 0.3) is 0 Å². The molecule has 1 aromatic carbocycles. The summed E-state index contributed by atoms with van der Waals surface area (Å²) in [5.74, 6) is -0.424. The molecule has 0 aliphatic rings. The van der Waals surface area contributed by atoms with Crippen LogP contribution in [0, 0.1) is 0 Å². The predicted molar refractivity (Wildman–Crippen MR) is 81.3 cm³/mol. The maximum absolute atomic E-state index is 11.8. The number of halogens is 2. The maximum atomic E-state index is 11.8. The number of likely N-dealkylation sites (N-methyl/N-ethyl adjacent to an activating group) is 1. The maximum Gasteiger partial charge on any atom is 0.238 e. The SMILES string of the molecule is CC(NCC(=O)Nc1c(Cl)cccc1Cl)C(=O)N(C)C. The van der Waals surface area contributed by atoms with Crippen LogP contribution in [0.3, 0.4) is 0 Å². The van der Waals surface area contributed by atoms with Gasteiger partial charge in [0.05, 0.1) is 28.3 Å². The first kappa shape index (κ1) is 16.8. The predicted octanol–water partition coefficient (Wildman–Crippen LogP) is 2.00. The molecule has 1 unspecified atom stereocenters. The van der Waals surface area contributed by atoms with E-state index in [0.29, 0.717) is 15.7 Å². The summed E-state index contributed by atoms with van der Waals surface area (Å²) in [7, 11) is 3.31. The molecule has 2 amide bonds. The van der Waals surface area contributed by atoms with Crippen molar-refractivity contribution in [1.82, 2.24) is 10.2 Å². The molecule has 0 spiro atoms. The number of hydrogen-bond acceptors (Lipinski definition) is 3. The lowest BCUT2D eigenvalue weighted by Gasteiger charge is -2.18. The average Bonchev–Trinajstić information content (AvgIpc) is 2.39. The molecule has 0 aromatic heterocycles. The van der Waals surface area contributed by atoms with E-state index in [2.05, 4.69) is 10.6 Å². The summed E-state index contributed by atoms with van der Waals surface area (Å²) in [4.78, 5) is 24.9. The van der Waals surface area contributed by atoms with E-state index in [4.69, 9.17) is 23.2 Å². The van der Waals surface area contributed by atoms with Gasteiger partial charge in [-0.05, 0) is 19.1 Å². The van der Waals surface area contributed by atoms with Gasteiger partial charge in [0.25, 0.3) is 0 Å². The van der Waals surface area contributed by atoms with Crippen molar-refractivity contribution in [3.05, 3.63) is 28.2 Å². The molecular formula is C13H17Cl2N3O2. The molecule has 1 atom stereocenters. The molecule has 0 saturated heterocycles. The van der Waals surface area contributed by atoms with Gasteiger partial charge in [-0.1, -0.05) is 29.3 Å². The van der Waals surface area contributed by atoms with Crippen LogP contribution in [-0.2, 0) is 9.59 Å². The van der Waals surface area contributed by atoms with Crippen LogP contribution in [0.4, 0.5) is 5.69 Å². The molecule has 1 rings (SSSR count). The number of hydrogen-bond donors (Lipinski definition) is 2. The van der Waals surface area contributed by atoms with Crippen LogP contribution in [0.1, 0.15) is 6.92 Å². The van der Waals surface area contributed by atoms with Gasteiger partial charge in [0.1, 0.15) is 0 Å². The number of para-hydroxylation sites is 1. The zero-order chi connectivity index (χ0) is 15.3. The van der Waals surface area contributed by atoms with E-state index in [-0.39, 0.29) is 18.4 Å². The van der Waals surface area contributed by atoms with Crippen LogP contribution in [0.5, 0.6) is 0 Å². The highest BCUT2D eigenvalue weighted by Gasteiger charge is 2.16. The third kappa shape index (κ3) is 4.67. The Labute approximate surface area is 128 Å². The van der Waals surface area contributed by atoms with Gasteiger partial charge < -0.3 is 10.2 Å². The van der Waals surface area contributed by atoms with Crippen LogP contribution < -0.4 is 10.6 Å². The molecule has 0 aliphatic heterocycles. The first-order valence-corrected chi connectivity index (χ1v) is 6.77. The lowest BCUT2D eigenvalue weighted by molar-refractivity contribution is -0.130. The smallest absolute Gasteiger partial charge is 0.238 e. The van der Waals surface area contributed by atoms with Gasteiger partial charge >= 0.3 is 0 Å². The Morgan fingerprint density at radius 3 is 2.30 bits per heavy atom. The summed E-state index contributed by atoms with van der Waals surface area (Å²) in [5.41, 5.74) is 0.370. The Hall–Kier alpha value is -1.30. The molecule has 7 heteroatoms. The van der Waals surface area contributed by atoms with Crippen LogP contribution in [0.15, 0.2) is 18.2 Å². The molecule has 110 valence electrons. The molecule has 5 nitrogen and oxygen atoms in total. The van der Waals surface area contributed by atoms with Crippen LogP contribution in [0.2, 0.25) is 10.0 Å². The van der Waals surface area contributed by atoms with Gasteiger partial charge in [-0.2, -0.15) is 0 Å². The Morgan fingerprint density at radius 1 is 1.25 bits per heavy atom. The van der Waals surface area contributed by atoms with Crippen molar-refractivity contribution < 1.29 is 9.59 Å². The lowest BCUT2D eigenvalue weighted by atomic mass is 10.3. The fraction of sp³-hybridized carbons (Fsp3) is 0.385. The van der Waals surface area contributed by atoms with Crippen molar-refractivity contribution in [2.45, 2.75) is 13.0 Å². The van der Waals surface area contributed by atoms with Gasteiger partial charge in [0.2, 0.25) is 11.8 Å². The third-order valence-corrected chi connectivity index (χ3v) is 3.24. The molecule has 0 fully saturated rings. The summed E-state index contributed by atoms with van der Waals surface area (Å²) in [6, 6.07) is 4.51. The van der Waals surface area contributed by atoms with Crippen molar-refractivity contribution in [2.24, 2.45) is 0 Å². The Kier molecular flexibility index (Phi) is 6.26. The van der Waals surface area contributed by atoms with E-state index in [1.807, 2.05) is 0 Å². The Bertz CT molecular complexity index is 486. The minimum atomic E-state index is -0.447. The van der Waals surface area contributed by atoms with Crippen molar-refractivity contribution >= 4 is 40.7 Å². The van der Waals surface area contributed by atoms with Crippen molar-refractivity contribution in [1.29, 1.82) is 0 Å². The second-order valence-corrected chi connectivity index (χ2v) is 5.29. The number of carbonyl (C=O) groups is 2. The van der Waals surface area contributed by atoms with Crippen molar-refractivity contribution in [2.75, 3.05) is 26.0 Å². The highest BCUT2D eigenvalue weighted by atomic mass is 35.5. The average molecular weight is 318 g/mol. The molecule has 20 heavy (non-hydrogen) atoms. The summed E-state index contributed by atoms with van der Waals surface area (Å²) in [6.45, 7) is 1.68. The second kappa shape index (κ2) is 7.47. The number of anilines is 1. The van der Waals surface area contributed by atoms with Gasteiger partial charge in [-0.25, -0.2) is 0 Å². The van der Waals surface area contributed by atoms with Gasteiger partial charge in [-0.15, -0.1) is 0 Å². The fourth-order valence-electron chi connectivity index (χ4n) is 1.52. The number of nitrogens with zero attached hydrogens (tertiary/aromatic N) is 1. The molecule has 0 aliphatic carbocycles.